The van der Waals surface area contributed by atoms with Crippen LogP contribution in [0.4, 0.5) is 27.8 Å². The lowest BCUT2D eigenvalue weighted by atomic mass is 10.1. The standard InChI is InChI=1S/C15H18N6O2/c1-23-10-21-12-5-3-2-4-11(12)20(9-8-19-15(16)22)13-14(21)18-7-6-17-13/h2-7H,8-10H2,1H3,(H3,16,19,22). The first-order valence-corrected chi connectivity index (χ1v) is 7.19. The summed E-state index contributed by atoms with van der Waals surface area (Å²) in [6.07, 6.45) is 3.29. The van der Waals surface area contributed by atoms with Gasteiger partial charge in [0.15, 0.2) is 11.6 Å². The number of hydrogen-bond acceptors (Lipinski definition) is 6. The smallest absolute Gasteiger partial charge is 0.312 e. The molecule has 1 aromatic heterocycles. The number of para-hydroxylation sites is 2. The highest BCUT2D eigenvalue weighted by atomic mass is 16.5. The third-order valence-electron chi connectivity index (χ3n) is 3.53. The van der Waals surface area contributed by atoms with Crippen LogP contribution in [0.3, 0.4) is 0 Å². The number of nitrogens with two attached hydrogens (primary N) is 1. The number of anilines is 4. The lowest BCUT2D eigenvalue weighted by molar-refractivity contribution is 0.205. The minimum atomic E-state index is -0.546. The second-order valence-corrected chi connectivity index (χ2v) is 4.98. The highest BCUT2D eigenvalue weighted by Crippen LogP contribution is 2.44. The Morgan fingerprint density at radius 2 is 1.78 bits per heavy atom. The van der Waals surface area contributed by atoms with Crippen molar-refractivity contribution in [1.29, 1.82) is 0 Å². The molecule has 0 radical (unpaired) electrons. The SMILES string of the molecule is COCN1c2ccccc2N(CCNC(N)=O)c2nccnc21. The van der Waals surface area contributed by atoms with Crippen LogP contribution in [0, 0.1) is 0 Å². The Kier molecular flexibility index (Phi) is 4.24. The van der Waals surface area contributed by atoms with E-state index in [1.807, 2.05) is 34.1 Å². The summed E-state index contributed by atoms with van der Waals surface area (Å²) in [7, 11) is 1.64. The van der Waals surface area contributed by atoms with E-state index in [4.69, 9.17) is 10.5 Å². The molecule has 3 rings (SSSR count). The maximum absolute atomic E-state index is 10.9. The molecule has 0 fully saturated rings. The van der Waals surface area contributed by atoms with Gasteiger partial charge in [-0.1, -0.05) is 12.1 Å². The number of amides is 2. The maximum atomic E-state index is 10.9. The van der Waals surface area contributed by atoms with Gasteiger partial charge < -0.3 is 20.7 Å². The normalized spacial score (nSPS) is 12.6. The molecule has 1 aliphatic heterocycles. The minimum absolute atomic E-state index is 0.371. The Morgan fingerprint density at radius 1 is 1.17 bits per heavy atom. The van der Waals surface area contributed by atoms with E-state index in [1.165, 1.54) is 0 Å². The summed E-state index contributed by atoms with van der Waals surface area (Å²) < 4.78 is 5.31. The summed E-state index contributed by atoms with van der Waals surface area (Å²) in [5.74, 6) is 1.43. The fraction of sp³-hybridized carbons (Fsp3) is 0.267. The summed E-state index contributed by atoms with van der Waals surface area (Å²) in [5, 5.41) is 2.60. The Labute approximate surface area is 133 Å². The lowest BCUT2D eigenvalue weighted by Gasteiger charge is -2.37. The summed E-state index contributed by atoms with van der Waals surface area (Å²) in [6.45, 7) is 1.31. The van der Waals surface area contributed by atoms with Crippen LogP contribution in [-0.2, 0) is 4.74 Å². The van der Waals surface area contributed by atoms with Gasteiger partial charge in [-0.15, -0.1) is 0 Å². The number of benzene rings is 1. The molecule has 2 aromatic rings. The molecule has 2 heterocycles. The number of carbonyl (C=O) groups excluding carboxylic acids is 1. The maximum Gasteiger partial charge on any atom is 0.312 e. The van der Waals surface area contributed by atoms with Crippen molar-refractivity contribution in [1.82, 2.24) is 15.3 Å². The van der Waals surface area contributed by atoms with Gasteiger partial charge in [0.2, 0.25) is 0 Å². The van der Waals surface area contributed by atoms with Gasteiger partial charge in [-0.05, 0) is 12.1 Å². The van der Waals surface area contributed by atoms with E-state index in [1.54, 1.807) is 19.5 Å². The van der Waals surface area contributed by atoms with Crippen LogP contribution < -0.4 is 20.9 Å². The van der Waals surface area contributed by atoms with Crippen LogP contribution in [0.25, 0.3) is 0 Å². The lowest BCUT2D eigenvalue weighted by Crippen LogP contribution is -2.39. The van der Waals surface area contributed by atoms with Crippen molar-refractivity contribution in [3.8, 4) is 0 Å². The van der Waals surface area contributed by atoms with Crippen LogP contribution in [0.15, 0.2) is 36.7 Å². The van der Waals surface area contributed by atoms with E-state index < -0.39 is 6.03 Å². The number of fused-ring (bicyclic) bond motifs is 2. The average molecular weight is 314 g/mol. The van der Waals surface area contributed by atoms with Crippen molar-refractivity contribution in [3.63, 3.8) is 0 Å². The van der Waals surface area contributed by atoms with Crippen molar-refractivity contribution in [2.45, 2.75) is 0 Å². The Hall–Kier alpha value is -2.87. The topological polar surface area (TPSA) is 96.6 Å². The number of rotatable bonds is 5. The van der Waals surface area contributed by atoms with E-state index in [0.29, 0.717) is 25.6 Å². The van der Waals surface area contributed by atoms with Crippen molar-refractivity contribution < 1.29 is 9.53 Å². The van der Waals surface area contributed by atoms with E-state index in [0.717, 1.165) is 17.2 Å². The molecule has 8 nitrogen and oxygen atoms in total. The average Bonchev–Trinajstić information content (AvgIpc) is 2.57. The minimum Gasteiger partial charge on any atom is -0.364 e. The molecular weight excluding hydrogens is 296 g/mol. The Balaban J connectivity index is 2.00. The molecule has 0 saturated heterocycles. The third kappa shape index (κ3) is 2.88. The summed E-state index contributed by atoms with van der Waals surface area (Å²) in [4.78, 5) is 23.8. The molecule has 120 valence electrons. The number of primary amides is 1. The van der Waals surface area contributed by atoms with Gasteiger partial charge in [0.05, 0.1) is 11.4 Å². The first-order valence-electron chi connectivity index (χ1n) is 7.19. The molecular formula is C15H18N6O2. The number of carbonyl (C=O) groups is 1. The van der Waals surface area contributed by atoms with Crippen molar-refractivity contribution in [3.05, 3.63) is 36.7 Å². The van der Waals surface area contributed by atoms with Gasteiger partial charge in [-0.25, -0.2) is 14.8 Å². The molecule has 1 aromatic carbocycles. The monoisotopic (exact) mass is 314 g/mol. The third-order valence-corrected chi connectivity index (χ3v) is 3.53. The van der Waals surface area contributed by atoms with Crippen molar-refractivity contribution >= 4 is 29.0 Å². The number of nitrogens with zero attached hydrogens (tertiary/aromatic N) is 4. The van der Waals surface area contributed by atoms with Crippen LogP contribution >= 0.6 is 0 Å². The zero-order valence-corrected chi connectivity index (χ0v) is 12.8. The molecule has 2 amide bonds. The second kappa shape index (κ2) is 6.49. The molecule has 0 bridgehead atoms. The second-order valence-electron chi connectivity index (χ2n) is 4.98. The van der Waals surface area contributed by atoms with Gasteiger partial charge >= 0.3 is 6.03 Å². The number of aromatic nitrogens is 2. The highest BCUT2D eigenvalue weighted by molar-refractivity contribution is 5.89. The number of ether oxygens (including phenoxy) is 1. The van der Waals surface area contributed by atoms with Gasteiger partial charge in [0.25, 0.3) is 0 Å². The van der Waals surface area contributed by atoms with Gasteiger partial charge in [-0.3, -0.25) is 4.90 Å². The highest BCUT2D eigenvalue weighted by Gasteiger charge is 2.29. The summed E-state index contributed by atoms with van der Waals surface area (Å²) in [6, 6.07) is 7.37. The molecule has 23 heavy (non-hydrogen) atoms. The largest absolute Gasteiger partial charge is 0.364 e. The van der Waals surface area contributed by atoms with E-state index in [9.17, 15) is 4.79 Å². The van der Waals surface area contributed by atoms with Gasteiger partial charge in [0.1, 0.15) is 6.73 Å². The zero-order valence-electron chi connectivity index (χ0n) is 12.8. The summed E-state index contributed by atoms with van der Waals surface area (Å²) in [5.41, 5.74) is 7.09. The van der Waals surface area contributed by atoms with E-state index >= 15 is 0 Å². The molecule has 1 aliphatic rings. The Bertz CT molecular complexity index is 660. The van der Waals surface area contributed by atoms with Crippen LogP contribution in [0.1, 0.15) is 0 Å². The van der Waals surface area contributed by atoms with Crippen LogP contribution in [0.2, 0.25) is 0 Å². The Morgan fingerprint density at radius 3 is 2.39 bits per heavy atom. The molecule has 0 saturated carbocycles. The quantitative estimate of drug-likeness (QED) is 0.864. The number of nitrogens with one attached hydrogen (secondary N) is 1. The van der Waals surface area contributed by atoms with Crippen molar-refractivity contribution in [2.24, 2.45) is 5.73 Å². The van der Waals surface area contributed by atoms with Crippen molar-refractivity contribution in [2.75, 3.05) is 36.7 Å². The van der Waals surface area contributed by atoms with E-state index in [2.05, 4.69) is 15.3 Å². The van der Waals surface area contributed by atoms with Crippen LogP contribution in [-0.4, -0.2) is 42.9 Å². The van der Waals surface area contributed by atoms with Gasteiger partial charge in [-0.2, -0.15) is 0 Å². The number of methoxy groups -OCH3 is 1. The first-order chi connectivity index (χ1) is 11.2. The molecule has 3 N–H and O–H groups in total. The molecule has 0 atom stereocenters. The molecule has 0 aliphatic carbocycles. The predicted molar refractivity (Wildman–Crippen MR) is 87.1 cm³/mol. The predicted octanol–water partition coefficient (Wildman–Crippen LogP) is 1.34. The molecule has 0 spiro atoms. The fourth-order valence-corrected chi connectivity index (χ4v) is 2.63. The van der Waals surface area contributed by atoms with E-state index in [-0.39, 0.29) is 0 Å². The molecule has 0 unspecified atom stereocenters. The zero-order chi connectivity index (χ0) is 16.2. The first kappa shape index (κ1) is 15.0. The van der Waals surface area contributed by atoms with Crippen LogP contribution in [0.5, 0.6) is 0 Å². The summed E-state index contributed by atoms with van der Waals surface area (Å²) >= 11 is 0. The fourth-order valence-electron chi connectivity index (χ4n) is 2.63. The van der Waals surface area contributed by atoms with Gasteiger partial charge in [0, 0.05) is 32.6 Å². The molecule has 8 heteroatoms. The number of hydrogen-bond donors (Lipinski definition) is 2. The number of urea groups is 1.